The fraction of sp³-hybridized carbons (Fsp3) is 0.200. The fourth-order valence-corrected chi connectivity index (χ4v) is 1.82. The van der Waals surface area contributed by atoms with Gasteiger partial charge in [-0.3, -0.25) is 0 Å². The number of nitrogens with two attached hydrogens (primary N) is 1. The molecule has 0 aliphatic heterocycles. The van der Waals surface area contributed by atoms with E-state index in [1.807, 2.05) is 24.3 Å². The van der Waals surface area contributed by atoms with Gasteiger partial charge in [-0.15, -0.1) is 0 Å². The number of nitrogens with one attached hydrogen (secondary N) is 1. The highest BCUT2D eigenvalue weighted by Crippen LogP contribution is 2.19. The van der Waals surface area contributed by atoms with Crippen molar-refractivity contribution >= 4 is 11.4 Å². The van der Waals surface area contributed by atoms with E-state index in [9.17, 15) is 4.39 Å². The van der Waals surface area contributed by atoms with Crippen molar-refractivity contribution in [1.82, 2.24) is 0 Å². The molecule has 100 valence electrons. The number of halogens is 1. The molecule has 0 saturated heterocycles. The lowest BCUT2D eigenvalue weighted by Gasteiger charge is -2.09. The number of hydrogen-bond acceptors (Lipinski definition) is 3. The molecule has 0 atom stereocenters. The van der Waals surface area contributed by atoms with E-state index in [-0.39, 0.29) is 5.82 Å². The fourth-order valence-electron chi connectivity index (χ4n) is 1.82. The Morgan fingerprint density at radius 1 is 1.16 bits per heavy atom. The zero-order valence-corrected chi connectivity index (χ0v) is 10.8. The third kappa shape index (κ3) is 3.61. The first-order chi connectivity index (χ1) is 9.19. The minimum atomic E-state index is -0.291. The van der Waals surface area contributed by atoms with Crippen molar-refractivity contribution in [2.45, 2.75) is 6.42 Å². The van der Waals surface area contributed by atoms with Crippen molar-refractivity contribution in [2.75, 3.05) is 24.7 Å². The van der Waals surface area contributed by atoms with Crippen LogP contribution in [0.1, 0.15) is 5.56 Å². The molecule has 2 rings (SSSR count). The van der Waals surface area contributed by atoms with Crippen LogP contribution >= 0.6 is 0 Å². The molecule has 0 heterocycles. The van der Waals surface area contributed by atoms with Crippen LogP contribution in [0, 0.1) is 5.82 Å². The van der Waals surface area contributed by atoms with Crippen molar-refractivity contribution in [3.8, 4) is 5.75 Å². The van der Waals surface area contributed by atoms with E-state index in [0.29, 0.717) is 17.9 Å². The molecule has 0 unspecified atom stereocenters. The van der Waals surface area contributed by atoms with Gasteiger partial charge in [0.2, 0.25) is 0 Å². The molecule has 0 bridgehead atoms. The monoisotopic (exact) mass is 260 g/mol. The van der Waals surface area contributed by atoms with Gasteiger partial charge in [-0.1, -0.05) is 12.1 Å². The summed E-state index contributed by atoms with van der Waals surface area (Å²) < 4.78 is 18.2. The molecule has 0 radical (unpaired) electrons. The molecule has 0 aliphatic rings. The third-order valence-corrected chi connectivity index (χ3v) is 2.90. The molecule has 0 spiro atoms. The first kappa shape index (κ1) is 13.2. The molecule has 2 aromatic carbocycles. The molecule has 3 N–H and O–H groups in total. The molecule has 4 heteroatoms. The van der Waals surface area contributed by atoms with Gasteiger partial charge in [0.15, 0.2) is 0 Å². The number of rotatable bonds is 5. The van der Waals surface area contributed by atoms with Gasteiger partial charge in [-0.05, 0) is 42.3 Å². The maximum atomic E-state index is 13.1. The van der Waals surface area contributed by atoms with Crippen LogP contribution in [0.3, 0.4) is 0 Å². The summed E-state index contributed by atoms with van der Waals surface area (Å²) in [5.74, 6) is 0.548. The maximum Gasteiger partial charge on any atom is 0.125 e. The lowest BCUT2D eigenvalue weighted by Crippen LogP contribution is -2.07. The van der Waals surface area contributed by atoms with E-state index >= 15 is 0 Å². The Labute approximate surface area is 112 Å². The summed E-state index contributed by atoms with van der Waals surface area (Å²) in [6, 6.07) is 12.2. The molecule has 2 aromatic rings. The lowest BCUT2D eigenvalue weighted by atomic mass is 10.1. The molecule has 3 nitrogen and oxygen atoms in total. The molecule has 19 heavy (non-hydrogen) atoms. The van der Waals surface area contributed by atoms with E-state index in [2.05, 4.69) is 5.32 Å². The Bertz CT molecular complexity index is 540. The normalized spacial score (nSPS) is 10.2. The summed E-state index contributed by atoms with van der Waals surface area (Å²) in [7, 11) is 1.64. The average molecular weight is 260 g/mol. The summed E-state index contributed by atoms with van der Waals surface area (Å²) in [4.78, 5) is 0. The van der Waals surface area contributed by atoms with Crippen LogP contribution in [-0.4, -0.2) is 13.7 Å². The number of hydrogen-bond donors (Lipinski definition) is 2. The minimum Gasteiger partial charge on any atom is -0.497 e. The van der Waals surface area contributed by atoms with Crippen molar-refractivity contribution in [1.29, 1.82) is 0 Å². The molecular weight excluding hydrogens is 243 g/mol. The van der Waals surface area contributed by atoms with Crippen LogP contribution in [0.5, 0.6) is 5.75 Å². The molecular formula is C15H17FN2O. The van der Waals surface area contributed by atoms with Gasteiger partial charge in [0.1, 0.15) is 11.6 Å². The topological polar surface area (TPSA) is 47.3 Å². The van der Waals surface area contributed by atoms with Crippen molar-refractivity contribution in [2.24, 2.45) is 0 Å². The second-order valence-corrected chi connectivity index (χ2v) is 4.26. The van der Waals surface area contributed by atoms with E-state index in [1.54, 1.807) is 13.2 Å². The number of nitrogen functional groups attached to an aromatic ring is 1. The van der Waals surface area contributed by atoms with Gasteiger partial charge in [-0.2, -0.15) is 0 Å². The third-order valence-electron chi connectivity index (χ3n) is 2.90. The number of methoxy groups -OCH3 is 1. The average Bonchev–Trinajstić information content (AvgIpc) is 2.43. The Hall–Kier alpha value is -2.23. The zero-order valence-electron chi connectivity index (χ0n) is 10.8. The Morgan fingerprint density at radius 2 is 1.89 bits per heavy atom. The van der Waals surface area contributed by atoms with Crippen LogP contribution in [-0.2, 0) is 6.42 Å². The Balaban J connectivity index is 1.90. The standard InChI is InChI=1S/C15H17FN2O/c1-19-13-5-2-11(3-6-13)8-9-18-15-10-12(16)4-7-14(15)17/h2-7,10,18H,8-9,17H2,1H3. The highest BCUT2D eigenvalue weighted by atomic mass is 19.1. The van der Waals surface area contributed by atoms with Crippen molar-refractivity contribution in [3.05, 3.63) is 53.8 Å². The van der Waals surface area contributed by atoms with Crippen molar-refractivity contribution in [3.63, 3.8) is 0 Å². The largest absolute Gasteiger partial charge is 0.497 e. The van der Waals surface area contributed by atoms with Gasteiger partial charge in [0, 0.05) is 6.54 Å². The van der Waals surface area contributed by atoms with Crippen molar-refractivity contribution < 1.29 is 9.13 Å². The van der Waals surface area contributed by atoms with Crippen LogP contribution in [0.2, 0.25) is 0 Å². The summed E-state index contributed by atoms with van der Waals surface area (Å²) in [6.07, 6.45) is 0.833. The summed E-state index contributed by atoms with van der Waals surface area (Å²) in [5, 5.41) is 3.13. The molecule has 0 amide bonds. The highest BCUT2D eigenvalue weighted by Gasteiger charge is 2.01. The maximum absolute atomic E-state index is 13.1. The van der Waals surface area contributed by atoms with E-state index in [4.69, 9.17) is 10.5 Å². The van der Waals surface area contributed by atoms with Crippen LogP contribution < -0.4 is 15.8 Å². The highest BCUT2D eigenvalue weighted by molar-refractivity contribution is 5.65. The summed E-state index contributed by atoms with van der Waals surface area (Å²) in [6.45, 7) is 0.694. The second-order valence-electron chi connectivity index (χ2n) is 4.26. The van der Waals surface area contributed by atoms with Gasteiger partial charge < -0.3 is 15.8 Å². The number of ether oxygens (including phenoxy) is 1. The number of benzene rings is 2. The van der Waals surface area contributed by atoms with Gasteiger partial charge in [0.25, 0.3) is 0 Å². The van der Waals surface area contributed by atoms with E-state index in [0.717, 1.165) is 12.2 Å². The zero-order chi connectivity index (χ0) is 13.7. The molecule has 0 fully saturated rings. The van der Waals surface area contributed by atoms with Gasteiger partial charge in [0.05, 0.1) is 18.5 Å². The van der Waals surface area contributed by atoms with E-state index < -0.39 is 0 Å². The Kier molecular flexibility index (Phi) is 4.23. The SMILES string of the molecule is COc1ccc(CCNc2cc(F)ccc2N)cc1. The second kappa shape index (κ2) is 6.09. The van der Waals surface area contributed by atoms with Crippen LogP contribution in [0.4, 0.5) is 15.8 Å². The smallest absolute Gasteiger partial charge is 0.125 e. The molecule has 0 saturated carbocycles. The summed E-state index contributed by atoms with van der Waals surface area (Å²) >= 11 is 0. The quantitative estimate of drug-likeness (QED) is 0.812. The van der Waals surface area contributed by atoms with Gasteiger partial charge in [-0.25, -0.2) is 4.39 Å². The lowest BCUT2D eigenvalue weighted by molar-refractivity contribution is 0.414. The minimum absolute atomic E-state index is 0.291. The predicted molar refractivity (Wildman–Crippen MR) is 76.0 cm³/mol. The Morgan fingerprint density at radius 3 is 2.58 bits per heavy atom. The number of anilines is 2. The molecule has 0 aliphatic carbocycles. The van der Waals surface area contributed by atoms with E-state index in [1.165, 1.54) is 17.7 Å². The first-order valence-electron chi connectivity index (χ1n) is 6.11. The predicted octanol–water partition coefficient (Wildman–Crippen LogP) is 3.07. The van der Waals surface area contributed by atoms with Crippen LogP contribution in [0.15, 0.2) is 42.5 Å². The van der Waals surface area contributed by atoms with Crippen LogP contribution in [0.25, 0.3) is 0 Å². The first-order valence-corrected chi connectivity index (χ1v) is 6.11. The summed E-state index contributed by atoms with van der Waals surface area (Å²) in [5.41, 5.74) is 8.13. The molecule has 0 aromatic heterocycles. The van der Waals surface area contributed by atoms with Gasteiger partial charge >= 0.3 is 0 Å².